The van der Waals surface area contributed by atoms with Gasteiger partial charge in [-0.3, -0.25) is 0 Å². The molecule has 1 atom stereocenters. The van der Waals surface area contributed by atoms with Crippen LogP contribution < -0.4 is 4.72 Å². The van der Waals surface area contributed by atoms with Crippen LogP contribution in [0.2, 0.25) is 4.47 Å². The van der Waals surface area contributed by atoms with Gasteiger partial charge in [0.25, 0.3) is 10.0 Å². The number of thiazole rings is 1. The molecule has 1 fully saturated rings. The molecule has 0 aliphatic carbocycles. The van der Waals surface area contributed by atoms with Gasteiger partial charge in [0.2, 0.25) is 0 Å². The zero-order valence-corrected chi connectivity index (χ0v) is 12.1. The fourth-order valence-corrected chi connectivity index (χ4v) is 4.07. The second kappa shape index (κ2) is 5.40. The number of hydrogen-bond donors (Lipinski definition) is 1. The van der Waals surface area contributed by atoms with E-state index in [2.05, 4.69) is 9.71 Å². The minimum atomic E-state index is -3.59. The number of hydrogen-bond acceptors (Lipinski definition) is 6. The van der Waals surface area contributed by atoms with Crippen molar-refractivity contribution in [1.29, 1.82) is 0 Å². The Balaban J connectivity index is 2.05. The minimum Gasteiger partial charge on any atom is -0.378 e. The van der Waals surface area contributed by atoms with Crippen molar-refractivity contribution in [3.8, 4) is 0 Å². The molecule has 1 unspecified atom stereocenters. The fourth-order valence-electron chi connectivity index (χ4n) is 1.62. The summed E-state index contributed by atoms with van der Waals surface area (Å²) in [4.78, 5) is 3.71. The van der Waals surface area contributed by atoms with Gasteiger partial charge in [0, 0.05) is 26.7 Å². The molecule has 18 heavy (non-hydrogen) atoms. The van der Waals surface area contributed by atoms with E-state index in [0.717, 1.165) is 11.3 Å². The van der Waals surface area contributed by atoms with E-state index in [1.807, 2.05) is 0 Å². The van der Waals surface area contributed by atoms with Crippen molar-refractivity contribution in [2.24, 2.45) is 0 Å². The Morgan fingerprint density at radius 3 is 3.00 bits per heavy atom. The van der Waals surface area contributed by atoms with Crippen LogP contribution in [0.1, 0.15) is 6.42 Å². The van der Waals surface area contributed by atoms with Gasteiger partial charge in [-0.2, -0.15) is 0 Å². The summed E-state index contributed by atoms with van der Waals surface area (Å²) < 4.78 is 37.3. The first-order valence-corrected chi connectivity index (χ1v) is 7.89. The number of nitrogens with one attached hydrogen (secondary N) is 1. The first-order valence-electron chi connectivity index (χ1n) is 5.21. The molecule has 0 saturated carbocycles. The summed E-state index contributed by atoms with van der Waals surface area (Å²) in [7, 11) is -2.04. The molecule has 0 spiro atoms. The Bertz CT molecular complexity index is 510. The average molecular weight is 313 g/mol. The van der Waals surface area contributed by atoms with E-state index in [0.29, 0.717) is 19.6 Å². The second-order valence-corrected chi connectivity index (χ2v) is 7.55. The predicted molar refractivity (Wildman–Crippen MR) is 67.5 cm³/mol. The molecule has 2 heterocycles. The summed E-state index contributed by atoms with van der Waals surface area (Å²) in [6.07, 6.45) is 1.90. The summed E-state index contributed by atoms with van der Waals surface area (Å²) >= 11 is 6.53. The Morgan fingerprint density at radius 2 is 2.50 bits per heavy atom. The molecule has 0 bridgehead atoms. The van der Waals surface area contributed by atoms with Crippen molar-refractivity contribution in [2.75, 3.05) is 26.9 Å². The Hall–Kier alpha value is -0.250. The van der Waals surface area contributed by atoms with Gasteiger partial charge in [0.1, 0.15) is 5.60 Å². The van der Waals surface area contributed by atoms with E-state index in [4.69, 9.17) is 21.1 Å². The van der Waals surface area contributed by atoms with Gasteiger partial charge >= 0.3 is 0 Å². The van der Waals surface area contributed by atoms with E-state index in [-0.39, 0.29) is 15.2 Å². The molecule has 1 saturated heterocycles. The molecule has 1 aromatic heterocycles. The van der Waals surface area contributed by atoms with Crippen LogP contribution in [0, 0.1) is 0 Å². The number of ether oxygens (including phenoxy) is 2. The van der Waals surface area contributed by atoms with E-state index in [1.165, 1.54) is 6.20 Å². The lowest BCUT2D eigenvalue weighted by Crippen LogP contribution is -2.44. The van der Waals surface area contributed by atoms with Crippen molar-refractivity contribution >= 4 is 33.0 Å². The van der Waals surface area contributed by atoms with Crippen LogP contribution in [0.25, 0.3) is 0 Å². The Morgan fingerprint density at radius 1 is 1.72 bits per heavy atom. The standard InChI is InChI=1S/C9H13ClN2O4S2/c1-15-9(2-3-16-6-9)5-12-18(13,14)7-4-11-8(10)17-7/h4,12H,2-3,5-6H2,1H3. The SMILES string of the molecule is COC1(CNS(=O)(=O)c2cnc(Cl)s2)CCOC1. The Labute approximate surface area is 114 Å². The molecule has 1 aliphatic rings. The highest BCUT2D eigenvalue weighted by molar-refractivity contribution is 7.91. The molecule has 0 radical (unpaired) electrons. The summed E-state index contributed by atoms with van der Waals surface area (Å²) in [5, 5.41) is 0. The summed E-state index contributed by atoms with van der Waals surface area (Å²) in [6, 6.07) is 0. The second-order valence-electron chi connectivity index (χ2n) is 3.95. The molecular formula is C9H13ClN2O4S2. The van der Waals surface area contributed by atoms with Gasteiger partial charge < -0.3 is 9.47 Å². The number of sulfonamides is 1. The number of methoxy groups -OCH3 is 1. The number of halogens is 1. The van der Waals surface area contributed by atoms with E-state index in [9.17, 15) is 8.42 Å². The largest absolute Gasteiger partial charge is 0.378 e. The molecule has 0 amide bonds. The lowest BCUT2D eigenvalue weighted by Gasteiger charge is -2.25. The van der Waals surface area contributed by atoms with Crippen LogP contribution >= 0.6 is 22.9 Å². The van der Waals surface area contributed by atoms with E-state index >= 15 is 0 Å². The molecule has 102 valence electrons. The van der Waals surface area contributed by atoms with E-state index < -0.39 is 15.6 Å². The molecule has 9 heteroatoms. The van der Waals surface area contributed by atoms with Gasteiger partial charge in [-0.05, 0) is 0 Å². The average Bonchev–Trinajstić information content (AvgIpc) is 2.96. The molecule has 1 N–H and O–H groups in total. The maximum Gasteiger partial charge on any atom is 0.251 e. The minimum absolute atomic E-state index is 0.0951. The van der Waals surface area contributed by atoms with E-state index in [1.54, 1.807) is 7.11 Å². The summed E-state index contributed by atoms with van der Waals surface area (Å²) in [5.74, 6) is 0. The van der Waals surface area contributed by atoms with Crippen LogP contribution in [0.3, 0.4) is 0 Å². The normalized spacial score (nSPS) is 24.6. The molecule has 1 aliphatic heterocycles. The summed E-state index contributed by atoms with van der Waals surface area (Å²) in [5.41, 5.74) is -0.582. The maximum atomic E-state index is 12.0. The smallest absolute Gasteiger partial charge is 0.251 e. The molecule has 1 aromatic rings. The molecule has 0 aromatic carbocycles. The van der Waals surface area contributed by atoms with Crippen molar-refractivity contribution in [1.82, 2.24) is 9.71 Å². The highest BCUT2D eigenvalue weighted by Crippen LogP contribution is 2.25. The quantitative estimate of drug-likeness (QED) is 0.873. The van der Waals surface area contributed by atoms with Crippen LogP contribution in [-0.4, -0.2) is 45.9 Å². The number of rotatable bonds is 5. The first-order chi connectivity index (χ1) is 8.47. The monoisotopic (exact) mass is 312 g/mol. The zero-order chi connectivity index (χ0) is 13.2. The van der Waals surface area contributed by atoms with Crippen molar-refractivity contribution in [3.05, 3.63) is 10.7 Å². The van der Waals surface area contributed by atoms with Gasteiger partial charge in [-0.1, -0.05) is 22.9 Å². The number of nitrogens with zero attached hydrogens (tertiary/aromatic N) is 1. The predicted octanol–water partition coefficient (Wildman–Crippen LogP) is 0.880. The summed E-state index contributed by atoms with van der Waals surface area (Å²) in [6.45, 7) is 1.12. The van der Waals surface area contributed by atoms with Gasteiger partial charge in [0.05, 0.1) is 12.8 Å². The third kappa shape index (κ3) is 3.01. The fraction of sp³-hybridized carbons (Fsp3) is 0.667. The maximum absolute atomic E-state index is 12.0. The van der Waals surface area contributed by atoms with Gasteiger partial charge in [0.15, 0.2) is 8.68 Å². The molecule has 6 nitrogen and oxygen atoms in total. The topological polar surface area (TPSA) is 77.5 Å². The highest BCUT2D eigenvalue weighted by Gasteiger charge is 2.36. The van der Waals surface area contributed by atoms with Crippen LogP contribution in [0.15, 0.2) is 10.4 Å². The van der Waals surface area contributed by atoms with Gasteiger partial charge in [-0.25, -0.2) is 18.1 Å². The van der Waals surface area contributed by atoms with Crippen LogP contribution in [-0.2, 0) is 19.5 Å². The van der Waals surface area contributed by atoms with Gasteiger partial charge in [-0.15, -0.1) is 0 Å². The van der Waals surface area contributed by atoms with Crippen LogP contribution in [0.4, 0.5) is 0 Å². The third-order valence-corrected chi connectivity index (χ3v) is 5.78. The van der Waals surface area contributed by atoms with Crippen molar-refractivity contribution in [3.63, 3.8) is 0 Å². The Kier molecular flexibility index (Phi) is 4.25. The van der Waals surface area contributed by atoms with Crippen LogP contribution in [0.5, 0.6) is 0 Å². The lowest BCUT2D eigenvalue weighted by atomic mass is 10.0. The highest BCUT2D eigenvalue weighted by atomic mass is 35.5. The molecule has 2 rings (SSSR count). The van der Waals surface area contributed by atoms with Crippen molar-refractivity contribution < 1.29 is 17.9 Å². The first kappa shape index (κ1) is 14.2. The number of aromatic nitrogens is 1. The third-order valence-electron chi connectivity index (χ3n) is 2.81. The lowest BCUT2D eigenvalue weighted by molar-refractivity contribution is -0.0120. The molecular weight excluding hydrogens is 300 g/mol. The van der Waals surface area contributed by atoms with Crippen molar-refractivity contribution in [2.45, 2.75) is 16.2 Å². The zero-order valence-electron chi connectivity index (χ0n) is 9.68.